The minimum Gasteiger partial charge on any atom is -0.356 e. The van der Waals surface area contributed by atoms with Crippen molar-refractivity contribution in [2.45, 2.75) is 45.1 Å². The molecule has 0 bridgehead atoms. The molecule has 3 rings (SSSR count). The van der Waals surface area contributed by atoms with Gasteiger partial charge in [-0.05, 0) is 44.2 Å². The molecule has 0 unspecified atom stereocenters. The molecule has 1 aliphatic heterocycles. The minimum atomic E-state index is -0.247. The Balaban J connectivity index is 1.74. The van der Waals surface area contributed by atoms with E-state index in [-0.39, 0.29) is 5.82 Å². The summed E-state index contributed by atoms with van der Waals surface area (Å²) in [7, 11) is 1.89. The molecule has 3 nitrogen and oxygen atoms in total. The second kappa shape index (κ2) is 5.68. The van der Waals surface area contributed by atoms with Crippen LogP contribution in [0.4, 0.5) is 10.2 Å². The van der Waals surface area contributed by atoms with Crippen LogP contribution in [-0.2, 0) is 6.54 Å². The third kappa shape index (κ3) is 2.66. The first-order chi connectivity index (χ1) is 9.72. The van der Waals surface area contributed by atoms with E-state index in [2.05, 4.69) is 15.2 Å². The van der Waals surface area contributed by atoms with Gasteiger partial charge in [-0.15, -0.1) is 0 Å². The lowest BCUT2D eigenvalue weighted by atomic mass is 9.77. The molecule has 1 saturated carbocycles. The predicted octanol–water partition coefficient (Wildman–Crippen LogP) is 3.10. The average molecular weight is 277 g/mol. The van der Waals surface area contributed by atoms with Gasteiger partial charge in [0.25, 0.3) is 0 Å². The molecule has 20 heavy (non-hydrogen) atoms. The second-order valence-corrected chi connectivity index (χ2v) is 6.36. The lowest BCUT2D eigenvalue weighted by molar-refractivity contribution is 0.226. The van der Waals surface area contributed by atoms with E-state index in [0.717, 1.165) is 24.5 Å². The molecule has 1 spiro atoms. The molecule has 0 atom stereocenters. The van der Waals surface area contributed by atoms with Gasteiger partial charge in [-0.25, -0.2) is 9.37 Å². The van der Waals surface area contributed by atoms with E-state index >= 15 is 0 Å². The van der Waals surface area contributed by atoms with Gasteiger partial charge in [-0.1, -0.05) is 12.8 Å². The molecule has 2 fully saturated rings. The Morgan fingerprint density at radius 2 is 1.95 bits per heavy atom. The van der Waals surface area contributed by atoms with Crippen LogP contribution >= 0.6 is 0 Å². The SMILES string of the molecule is CNCc1cc(F)cnc1N1CCC2(CCCC2)CC1. The smallest absolute Gasteiger partial charge is 0.141 e. The van der Waals surface area contributed by atoms with Crippen LogP contribution in [0.25, 0.3) is 0 Å². The van der Waals surface area contributed by atoms with E-state index in [1.807, 2.05) is 7.05 Å². The summed E-state index contributed by atoms with van der Waals surface area (Å²) in [5, 5.41) is 3.11. The van der Waals surface area contributed by atoms with Crippen molar-refractivity contribution in [1.29, 1.82) is 0 Å². The third-order valence-electron chi connectivity index (χ3n) is 5.06. The molecule has 2 heterocycles. The molecule has 110 valence electrons. The maximum atomic E-state index is 13.4. The first kappa shape index (κ1) is 13.8. The Morgan fingerprint density at radius 1 is 1.25 bits per heavy atom. The standard InChI is InChI=1S/C16H24FN3/c1-18-11-13-10-14(17)12-19-15(13)20-8-6-16(7-9-20)4-2-3-5-16/h10,12,18H,2-9,11H2,1H3. The number of piperidine rings is 1. The highest BCUT2D eigenvalue weighted by Crippen LogP contribution is 2.46. The van der Waals surface area contributed by atoms with Crippen LogP contribution in [0.3, 0.4) is 0 Å². The fourth-order valence-corrected chi connectivity index (χ4v) is 3.90. The fraction of sp³-hybridized carbons (Fsp3) is 0.688. The highest BCUT2D eigenvalue weighted by molar-refractivity contribution is 5.47. The Bertz CT molecular complexity index is 459. The van der Waals surface area contributed by atoms with Crippen LogP contribution in [0.1, 0.15) is 44.1 Å². The zero-order chi connectivity index (χ0) is 14.0. The number of anilines is 1. The van der Waals surface area contributed by atoms with Crippen molar-refractivity contribution < 1.29 is 4.39 Å². The lowest BCUT2D eigenvalue weighted by Gasteiger charge is -2.40. The van der Waals surface area contributed by atoms with Gasteiger partial charge in [-0.2, -0.15) is 0 Å². The van der Waals surface area contributed by atoms with E-state index < -0.39 is 0 Å². The van der Waals surface area contributed by atoms with Gasteiger partial charge in [0.05, 0.1) is 6.20 Å². The molecular weight excluding hydrogens is 253 g/mol. The van der Waals surface area contributed by atoms with Crippen LogP contribution in [0.15, 0.2) is 12.3 Å². The lowest BCUT2D eigenvalue weighted by Crippen LogP contribution is -2.39. The van der Waals surface area contributed by atoms with Gasteiger partial charge in [-0.3, -0.25) is 0 Å². The van der Waals surface area contributed by atoms with Crippen LogP contribution in [0, 0.1) is 11.2 Å². The van der Waals surface area contributed by atoms with Crippen molar-refractivity contribution in [2.75, 3.05) is 25.0 Å². The van der Waals surface area contributed by atoms with Gasteiger partial charge in [0.15, 0.2) is 0 Å². The summed E-state index contributed by atoms with van der Waals surface area (Å²) in [6, 6.07) is 1.61. The van der Waals surface area contributed by atoms with E-state index in [4.69, 9.17) is 0 Å². The summed E-state index contributed by atoms with van der Waals surface area (Å²) >= 11 is 0. The van der Waals surface area contributed by atoms with Gasteiger partial charge in [0, 0.05) is 25.2 Å². The molecule has 4 heteroatoms. The van der Waals surface area contributed by atoms with E-state index in [1.165, 1.54) is 44.7 Å². The van der Waals surface area contributed by atoms with Gasteiger partial charge in [0.1, 0.15) is 11.6 Å². The highest BCUT2D eigenvalue weighted by Gasteiger charge is 2.37. The van der Waals surface area contributed by atoms with Crippen molar-refractivity contribution in [1.82, 2.24) is 10.3 Å². The number of aromatic nitrogens is 1. The molecule has 1 aromatic heterocycles. The molecule has 0 radical (unpaired) electrons. The number of rotatable bonds is 3. The largest absolute Gasteiger partial charge is 0.356 e. The number of hydrogen-bond acceptors (Lipinski definition) is 3. The van der Waals surface area contributed by atoms with Crippen molar-refractivity contribution in [3.05, 3.63) is 23.6 Å². The molecule has 1 saturated heterocycles. The van der Waals surface area contributed by atoms with Gasteiger partial charge < -0.3 is 10.2 Å². The van der Waals surface area contributed by atoms with E-state index in [0.29, 0.717) is 12.0 Å². The molecule has 1 aromatic rings. The summed E-state index contributed by atoms with van der Waals surface area (Å²) in [5.74, 6) is 0.719. The Kier molecular flexibility index (Phi) is 3.92. The number of nitrogens with zero attached hydrogens (tertiary/aromatic N) is 2. The number of nitrogens with one attached hydrogen (secondary N) is 1. The first-order valence-corrected chi connectivity index (χ1v) is 7.76. The summed E-state index contributed by atoms with van der Waals surface area (Å²) in [6.45, 7) is 2.80. The van der Waals surface area contributed by atoms with Crippen LogP contribution in [-0.4, -0.2) is 25.1 Å². The Labute approximate surface area is 120 Å². The molecule has 1 N–H and O–H groups in total. The monoisotopic (exact) mass is 277 g/mol. The van der Waals surface area contributed by atoms with Crippen LogP contribution in [0.2, 0.25) is 0 Å². The highest BCUT2D eigenvalue weighted by atomic mass is 19.1. The normalized spacial score (nSPS) is 21.6. The Morgan fingerprint density at radius 3 is 2.60 bits per heavy atom. The average Bonchev–Trinajstić information content (AvgIpc) is 2.89. The van der Waals surface area contributed by atoms with Crippen LogP contribution < -0.4 is 10.2 Å². The Hall–Kier alpha value is -1.16. The number of pyridine rings is 1. The van der Waals surface area contributed by atoms with Crippen molar-refractivity contribution in [2.24, 2.45) is 5.41 Å². The van der Waals surface area contributed by atoms with E-state index in [9.17, 15) is 4.39 Å². The van der Waals surface area contributed by atoms with Gasteiger partial charge in [0.2, 0.25) is 0 Å². The topological polar surface area (TPSA) is 28.2 Å². The quantitative estimate of drug-likeness (QED) is 0.920. The summed E-state index contributed by atoms with van der Waals surface area (Å²) in [6.07, 6.45) is 9.49. The summed E-state index contributed by atoms with van der Waals surface area (Å²) in [5.41, 5.74) is 1.58. The van der Waals surface area contributed by atoms with Crippen molar-refractivity contribution in [3.63, 3.8) is 0 Å². The molecule has 2 aliphatic rings. The van der Waals surface area contributed by atoms with Gasteiger partial charge >= 0.3 is 0 Å². The first-order valence-electron chi connectivity index (χ1n) is 7.76. The summed E-state index contributed by atoms with van der Waals surface area (Å²) in [4.78, 5) is 6.69. The zero-order valence-electron chi connectivity index (χ0n) is 12.3. The molecule has 0 amide bonds. The number of hydrogen-bond donors (Lipinski definition) is 1. The molecule has 0 aromatic carbocycles. The third-order valence-corrected chi connectivity index (χ3v) is 5.06. The van der Waals surface area contributed by atoms with Crippen molar-refractivity contribution in [3.8, 4) is 0 Å². The van der Waals surface area contributed by atoms with E-state index in [1.54, 1.807) is 6.07 Å². The maximum Gasteiger partial charge on any atom is 0.141 e. The predicted molar refractivity (Wildman–Crippen MR) is 79.3 cm³/mol. The minimum absolute atomic E-state index is 0.247. The fourth-order valence-electron chi connectivity index (χ4n) is 3.90. The van der Waals surface area contributed by atoms with Crippen molar-refractivity contribution >= 4 is 5.82 Å². The summed E-state index contributed by atoms with van der Waals surface area (Å²) < 4.78 is 13.4. The maximum absolute atomic E-state index is 13.4. The molecular formula is C16H24FN3. The zero-order valence-corrected chi connectivity index (χ0v) is 12.3. The second-order valence-electron chi connectivity index (χ2n) is 6.36. The number of halogens is 1. The molecule has 1 aliphatic carbocycles. The van der Waals surface area contributed by atoms with Crippen LogP contribution in [0.5, 0.6) is 0 Å².